The number of methoxy groups -OCH3 is 1. The molecule has 0 bridgehead atoms. The SMILES string of the molecule is CCNC(=NCC(C)COc1ccccc1OC)NCC.I. The summed E-state index contributed by atoms with van der Waals surface area (Å²) in [4.78, 5) is 4.54. The third kappa shape index (κ3) is 7.72. The second-order valence-corrected chi connectivity index (χ2v) is 4.82. The molecule has 0 saturated heterocycles. The molecular weight excluding hydrogens is 393 g/mol. The van der Waals surface area contributed by atoms with Gasteiger partial charge in [-0.15, -0.1) is 24.0 Å². The van der Waals surface area contributed by atoms with E-state index < -0.39 is 0 Å². The Balaban J connectivity index is 0.00000441. The molecule has 0 amide bonds. The smallest absolute Gasteiger partial charge is 0.191 e. The van der Waals surface area contributed by atoms with Gasteiger partial charge in [0.25, 0.3) is 0 Å². The first-order chi connectivity index (χ1) is 10.2. The summed E-state index contributed by atoms with van der Waals surface area (Å²) in [5.74, 6) is 2.70. The second-order valence-electron chi connectivity index (χ2n) is 4.82. The van der Waals surface area contributed by atoms with Gasteiger partial charge in [-0.2, -0.15) is 0 Å². The standard InChI is InChI=1S/C16H27N3O2.HI/c1-5-17-16(18-6-2)19-11-13(3)12-21-15-10-8-7-9-14(15)20-4;/h7-10,13H,5-6,11-12H2,1-4H3,(H2,17,18,19);1H. The van der Waals surface area contributed by atoms with Gasteiger partial charge in [-0.1, -0.05) is 19.1 Å². The summed E-state index contributed by atoms with van der Waals surface area (Å²) in [5.41, 5.74) is 0. The third-order valence-electron chi connectivity index (χ3n) is 2.84. The van der Waals surface area contributed by atoms with Crippen LogP contribution in [-0.4, -0.2) is 39.3 Å². The van der Waals surface area contributed by atoms with Crippen LogP contribution >= 0.6 is 24.0 Å². The zero-order valence-electron chi connectivity index (χ0n) is 13.9. The maximum Gasteiger partial charge on any atom is 0.191 e. The number of ether oxygens (including phenoxy) is 2. The van der Waals surface area contributed by atoms with E-state index in [1.165, 1.54) is 0 Å². The van der Waals surface area contributed by atoms with E-state index in [1.807, 2.05) is 24.3 Å². The van der Waals surface area contributed by atoms with Crippen LogP contribution in [0.3, 0.4) is 0 Å². The van der Waals surface area contributed by atoms with Crippen molar-refractivity contribution in [3.63, 3.8) is 0 Å². The number of benzene rings is 1. The van der Waals surface area contributed by atoms with E-state index in [0.29, 0.717) is 19.1 Å². The van der Waals surface area contributed by atoms with Crippen molar-refractivity contribution in [3.05, 3.63) is 24.3 Å². The molecule has 22 heavy (non-hydrogen) atoms. The van der Waals surface area contributed by atoms with Crippen LogP contribution in [-0.2, 0) is 0 Å². The predicted molar refractivity (Wildman–Crippen MR) is 103 cm³/mol. The summed E-state index contributed by atoms with van der Waals surface area (Å²) < 4.78 is 11.1. The predicted octanol–water partition coefficient (Wildman–Crippen LogP) is 2.90. The van der Waals surface area contributed by atoms with E-state index in [2.05, 4.69) is 36.4 Å². The first-order valence-corrected chi connectivity index (χ1v) is 7.49. The van der Waals surface area contributed by atoms with Crippen molar-refractivity contribution in [2.24, 2.45) is 10.9 Å². The maximum atomic E-state index is 5.81. The van der Waals surface area contributed by atoms with Crippen LogP contribution in [0.25, 0.3) is 0 Å². The van der Waals surface area contributed by atoms with E-state index in [1.54, 1.807) is 7.11 Å². The maximum absolute atomic E-state index is 5.81. The molecule has 2 N–H and O–H groups in total. The number of guanidine groups is 1. The van der Waals surface area contributed by atoms with Gasteiger partial charge in [0, 0.05) is 25.6 Å². The molecule has 1 atom stereocenters. The van der Waals surface area contributed by atoms with Crippen molar-refractivity contribution in [2.45, 2.75) is 20.8 Å². The molecule has 0 spiro atoms. The Bertz CT molecular complexity index is 433. The number of para-hydroxylation sites is 2. The van der Waals surface area contributed by atoms with Gasteiger partial charge in [0.15, 0.2) is 17.5 Å². The summed E-state index contributed by atoms with van der Waals surface area (Å²) in [6.45, 7) is 9.27. The molecule has 0 aromatic heterocycles. The molecule has 0 aliphatic rings. The summed E-state index contributed by atoms with van der Waals surface area (Å²) in [5, 5.41) is 6.42. The van der Waals surface area contributed by atoms with Gasteiger partial charge < -0.3 is 20.1 Å². The van der Waals surface area contributed by atoms with E-state index in [4.69, 9.17) is 9.47 Å². The minimum absolute atomic E-state index is 0. The molecule has 126 valence electrons. The number of nitrogens with zero attached hydrogens (tertiary/aromatic N) is 1. The van der Waals surface area contributed by atoms with Crippen LogP contribution in [0.4, 0.5) is 0 Å². The summed E-state index contributed by atoms with van der Waals surface area (Å²) in [7, 11) is 1.65. The van der Waals surface area contributed by atoms with Crippen LogP contribution < -0.4 is 20.1 Å². The van der Waals surface area contributed by atoms with Crippen LogP contribution in [0.5, 0.6) is 11.5 Å². The van der Waals surface area contributed by atoms with Gasteiger partial charge in [0.1, 0.15) is 0 Å². The minimum Gasteiger partial charge on any atom is -0.493 e. The quantitative estimate of drug-likeness (QED) is 0.385. The topological polar surface area (TPSA) is 54.9 Å². The Morgan fingerprint density at radius 1 is 1.14 bits per heavy atom. The van der Waals surface area contributed by atoms with Gasteiger partial charge in [0.2, 0.25) is 0 Å². The zero-order valence-corrected chi connectivity index (χ0v) is 16.2. The lowest BCUT2D eigenvalue weighted by molar-refractivity contribution is 0.251. The van der Waals surface area contributed by atoms with Crippen molar-refractivity contribution in [3.8, 4) is 11.5 Å². The number of aliphatic imine (C=N–C) groups is 1. The highest BCUT2D eigenvalue weighted by Crippen LogP contribution is 2.26. The third-order valence-corrected chi connectivity index (χ3v) is 2.84. The molecule has 5 nitrogen and oxygen atoms in total. The lowest BCUT2D eigenvalue weighted by Gasteiger charge is -2.15. The van der Waals surface area contributed by atoms with Crippen LogP contribution in [0.15, 0.2) is 29.3 Å². The van der Waals surface area contributed by atoms with E-state index in [9.17, 15) is 0 Å². The molecule has 0 aliphatic carbocycles. The molecule has 0 heterocycles. The van der Waals surface area contributed by atoms with Crippen LogP contribution in [0, 0.1) is 5.92 Å². The van der Waals surface area contributed by atoms with E-state index >= 15 is 0 Å². The number of hydrogen-bond acceptors (Lipinski definition) is 3. The van der Waals surface area contributed by atoms with Crippen molar-refractivity contribution < 1.29 is 9.47 Å². The normalized spacial score (nSPS) is 10.9. The molecule has 6 heteroatoms. The molecule has 1 aromatic carbocycles. The van der Waals surface area contributed by atoms with Gasteiger partial charge in [-0.25, -0.2) is 0 Å². The molecule has 1 rings (SSSR count). The molecular formula is C16H28IN3O2. The first kappa shape index (κ1) is 20.8. The fourth-order valence-corrected chi connectivity index (χ4v) is 1.78. The summed E-state index contributed by atoms with van der Waals surface area (Å²) >= 11 is 0. The van der Waals surface area contributed by atoms with Gasteiger partial charge in [-0.3, -0.25) is 4.99 Å². The van der Waals surface area contributed by atoms with Crippen molar-refractivity contribution in [1.29, 1.82) is 0 Å². The molecule has 0 aliphatic heterocycles. The highest BCUT2D eigenvalue weighted by Gasteiger charge is 2.07. The molecule has 0 fully saturated rings. The van der Waals surface area contributed by atoms with Crippen molar-refractivity contribution in [2.75, 3.05) is 33.4 Å². The van der Waals surface area contributed by atoms with Crippen LogP contribution in [0.1, 0.15) is 20.8 Å². The lowest BCUT2D eigenvalue weighted by Crippen LogP contribution is -2.37. The molecule has 0 saturated carbocycles. The Hall–Kier alpha value is -1.18. The van der Waals surface area contributed by atoms with Crippen molar-refractivity contribution >= 4 is 29.9 Å². The van der Waals surface area contributed by atoms with Crippen LogP contribution in [0.2, 0.25) is 0 Å². The van der Waals surface area contributed by atoms with E-state index in [-0.39, 0.29) is 24.0 Å². The lowest BCUT2D eigenvalue weighted by atomic mass is 10.2. The molecule has 1 unspecified atom stereocenters. The molecule has 1 aromatic rings. The second kappa shape index (κ2) is 12.4. The average molecular weight is 421 g/mol. The fourth-order valence-electron chi connectivity index (χ4n) is 1.78. The number of halogens is 1. The number of hydrogen-bond donors (Lipinski definition) is 2. The summed E-state index contributed by atoms with van der Waals surface area (Å²) in [6, 6.07) is 7.68. The fraction of sp³-hybridized carbons (Fsp3) is 0.562. The number of nitrogens with one attached hydrogen (secondary N) is 2. The Labute approximate surface area is 150 Å². The Kier molecular flexibility index (Phi) is 11.7. The largest absolute Gasteiger partial charge is 0.493 e. The Morgan fingerprint density at radius 2 is 1.73 bits per heavy atom. The number of rotatable bonds is 8. The minimum atomic E-state index is 0. The Morgan fingerprint density at radius 3 is 2.27 bits per heavy atom. The highest BCUT2D eigenvalue weighted by molar-refractivity contribution is 14.0. The van der Waals surface area contributed by atoms with Gasteiger partial charge >= 0.3 is 0 Å². The highest BCUT2D eigenvalue weighted by atomic mass is 127. The summed E-state index contributed by atoms with van der Waals surface area (Å²) in [6.07, 6.45) is 0. The van der Waals surface area contributed by atoms with Gasteiger partial charge in [-0.05, 0) is 26.0 Å². The zero-order chi connectivity index (χ0) is 15.5. The van der Waals surface area contributed by atoms with E-state index in [0.717, 1.165) is 30.5 Å². The monoisotopic (exact) mass is 421 g/mol. The van der Waals surface area contributed by atoms with Gasteiger partial charge in [0.05, 0.1) is 13.7 Å². The average Bonchev–Trinajstić information content (AvgIpc) is 2.51. The molecule has 0 radical (unpaired) electrons. The van der Waals surface area contributed by atoms with Crippen molar-refractivity contribution in [1.82, 2.24) is 10.6 Å². The first-order valence-electron chi connectivity index (χ1n) is 7.49.